The number of methoxy groups -OCH3 is 1. The summed E-state index contributed by atoms with van der Waals surface area (Å²) >= 11 is 0. The maximum atomic E-state index is 11.8. The Hall–Kier alpha value is -2.57. The molecule has 0 aliphatic carbocycles. The van der Waals surface area contributed by atoms with Gasteiger partial charge in [0, 0.05) is 10.6 Å². The van der Waals surface area contributed by atoms with Gasteiger partial charge in [-0.1, -0.05) is 5.11 Å². The second-order valence-corrected chi connectivity index (χ2v) is 6.05. The lowest BCUT2D eigenvalue weighted by molar-refractivity contribution is -0.160. The van der Waals surface area contributed by atoms with Crippen LogP contribution in [0.4, 0.5) is 5.69 Å². The highest BCUT2D eigenvalue weighted by molar-refractivity contribution is 5.92. The molecule has 0 radical (unpaired) electrons. The molecule has 0 heterocycles. The molecule has 0 aliphatic heterocycles. The predicted octanol–water partition coefficient (Wildman–Crippen LogP) is 3.58. The Morgan fingerprint density at radius 1 is 1.29 bits per heavy atom. The summed E-state index contributed by atoms with van der Waals surface area (Å²) in [6, 6.07) is 3.17. The maximum Gasteiger partial charge on any atom is 0.338 e. The smallest absolute Gasteiger partial charge is 0.338 e. The molecule has 24 heavy (non-hydrogen) atoms. The van der Waals surface area contributed by atoms with Gasteiger partial charge in [-0.3, -0.25) is 0 Å². The van der Waals surface area contributed by atoms with Crippen LogP contribution >= 0.6 is 0 Å². The van der Waals surface area contributed by atoms with Crippen LogP contribution < -0.4 is 0 Å². The van der Waals surface area contributed by atoms with E-state index in [2.05, 4.69) is 10.0 Å². The average Bonchev–Trinajstić information content (AvgIpc) is 2.47. The van der Waals surface area contributed by atoms with E-state index in [1.807, 2.05) is 0 Å². The fraction of sp³-hybridized carbons (Fsp3) is 0.500. The van der Waals surface area contributed by atoms with Gasteiger partial charge in [-0.15, -0.1) is 0 Å². The predicted molar refractivity (Wildman–Crippen MR) is 86.8 cm³/mol. The van der Waals surface area contributed by atoms with Crippen LogP contribution in [0.15, 0.2) is 17.2 Å². The first-order valence-electron chi connectivity index (χ1n) is 7.24. The molecular weight excluding hydrogens is 314 g/mol. The van der Waals surface area contributed by atoms with Crippen molar-refractivity contribution in [1.29, 1.82) is 0 Å². The number of carbonyl (C=O) groups is 2. The van der Waals surface area contributed by atoms with Crippen molar-refractivity contribution >= 4 is 17.6 Å². The van der Waals surface area contributed by atoms with Crippen molar-refractivity contribution in [2.45, 2.75) is 39.9 Å². The SMILES string of the molecule is COC(=O)c1cc(COCC(=O)OC(C)(C)C)cc(N=[N+]=[N-])c1C. The van der Waals surface area contributed by atoms with Crippen LogP contribution in [0.25, 0.3) is 10.4 Å². The first-order chi connectivity index (χ1) is 11.2. The van der Waals surface area contributed by atoms with Crippen LogP contribution in [0.2, 0.25) is 0 Å². The van der Waals surface area contributed by atoms with E-state index in [1.165, 1.54) is 7.11 Å². The van der Waals surface area contributed by atoms with Crippen LogP contribution in [0.1, 0.15) is 42.3 Å². The largest absolute Gasteiger partial charge is 0.465 e. The molecule has 0 atom stereocenters. The molecule has 1 aromatic carbocycles. The minimum Gasteiger partial charge on any atom is -0.465 e. The molecule has 1 aromatic rings. The molecule has 0 saturated carbocycles. The van der Waals surface area contributed by atoms with Crippen molar-refractivity contribution in [2.75, 3.05) is 13.7 Å². The van der Waals surface area contributed by atoms with E-state index < -0.39 is 17.5 Å². The molecule has 0 bridgehead atoms. The Morgan fingerprint density at radius 3 is 2.50 bits per heavy atom. The van der Waals surface area contributed by atoms with Crippen LogP contribution in [0.3, 0.4) is 0 Å². The van der Waals surface area contributed by atoms with E-state index in [0.29, 0.717) is 16.8 Å². The lowest BCUT2D eigenvalue weighted by atomic mass is 10.0. The summed E-state index contributed by atoms with van der Waals surface area (Å²) in [7, 11) is 1.26. The summed E-state index contributed by atoms with van der Waals surface area (Å²) < 4.78 is 15.2. The van der Waals surface area contributed by atoms with Crippen molar-refractivity contribution in [3.63, 3.8) is 0 Å². The van der Waals surface area contributed by atoms with Gasteiger partial charge in [0.25, 0.3) is 0 Å². The molecule has 0 saturated heterocycles. The Kier molecular flexibility index (Phi) is 6.76. The lowest BCUT2D eigenvalue weighted by Gasteiger charge is -2.19. The Balaban J connectivity index is 2.88. The van der Waals surface area contributed by atoms with Crippen LogP contribution in [-0.2, 0) is 25.6 Å². The number of ether oxygens (including phenoxy) is 3. The fourth-order valence-corrected chi connectivity index (χ4v) is 1.94. The van der Waals surface area contributed by atoms with Crippen LogP contribution in [0, 0.1) is 6.92 Å². The van der Waals surface area contributed by atoms with Gasteiger partial charge in [-0.2, -0.15) is 0 Å². The number of carbonyl (C=O) groups excluding carboxylic acids is 2. The zero-order valence-electron chi connectivity index (χ0n) is 14.5. The highest BCUT2D eigenvalue weighted by atomic mass is 16.6. The van der Waals surface area contributed by atoms with Gasteiger partial charge in [-0.05, 0) is 56.5 Å². The Morgan fingerprint density at radius 2 is 1.96 bits per heavy atom. The van der Waals surface area contributed by atoms with Crippen molar-refractivity contribution < 1.29 is 23.8 Å². The number of benzene rings is 1. The van der Waals surface area contributed by atoms with Crippen molar-refractivity contribution in [3.05, 3.63) is 39.3 Å². The molecule has 130 valence electrons. The van der Waals surface area contributed by atoms with E-state index >= 15 is 0 Å². The molecule has 0 N–H and O–H groups in total. The zero-order chi connectivity index (χ0) is 18.3. The normalized spacial score (nSPS) is 10.7. The quantitative estimate of drug-likeness (QED) is 0.341. The first kappa shape index (κ1) is 19.5. The average molecular weight is 335 g/mol. The second-order valence-electron chi connectivity index (χ2n) is 6.05. The molecule has 8 nitrogen and oxygen atoms in total. The molecule has 0 aromatic heterocycles. The molecule has 0 fully saturated rings. The third-order valence-electron chi connectivity index (χ3n) is 2.91. The third kappa shape index (κ3) is 5.91. The minimum atomic E-state index is -0.586. The molecular formula is C16H21N3O5. The topological polar surface area (TPSA) is 111 Å². The lowest BCUT2D eigenvalue weighted by Crippen LogP contribution is -2.26. The highest BCUT2D eigenvalue weighted by Gasteiger charge is 2.17. The van der Waals surface area contributed by atoms with Crippen molar-refractivity contribution in [3.8, 4) is 0 Å². The number of hydrogen-bond acceptors (Lipinski definition) is 6. The zero-order valence-corrected chi connectivity index (χ0v) is 14.5. The molecule has 0 spiro atoms. The number of nitrogens with zero attached hydrogens (tertiary/aromatic N) is 3. The van der Waals surface area contributed by atoms with Gasteiger partial charge in [0.1, 0.15) is 12.2 Å². The Labute approximate surface area is 140 Å². The number of azide groups is 1. The van der Waals surface area contributed by atoms with Gasteiger partial charge >= 0.3 is 11.9 Å². The summed E-state index contributed by atoms with van der Waals surface area (Å²) in [4.78, 5) is 26.2. The van der Waals surface area contributed by atoms with Gasteiger partial charge in [-0.25, -0.2) is 9.59 Å². The maximum absolute atomic E-state index is 11.8. The number of hydrogen-bond donors (Lipinski definition) is 0. The van der Waals surface area contributed by atoms with Crippen LogP contribution in [0.5, 0.6) is 0 Å². The van der Waals surface area contributed by atoms with Gasteiger partial charge in [0.15, 0.2) is 0 Å². The molecule has 0 unspecified atom stereocenters. The second kappa shape index (κ2) is 8.33. The van der Waals surface area contributed by atoms with Crippen molar-refractivity contribution in [2.24, 2.45) is 5.11 Å². The van der Waals surface area contributed by atoms with Crippen LogP contribution in [-0.4, -0.2) is 31.3 Å². The van der Waals surface area contributed by atoms with Gasteiger partial charge < -0.3 is 14.2 Å². The fourth-order valence-electron chi connectivity index (χ4n) is 1.94. The first-order valence-corrected chi connectivity index (χ1v) is 7.24. The third-order valence-corrected chi connectivity index (χ3v) is 2.91. The summed E-state index contributed by atoms with van der Waals surface area (Å²) in [5, 5.41) is 3.56. The van der Waals surface area contributed by atoms with E-state index in [1.54, 1.807) is 39.8 Å². The molecule has 8 heteroatoms. The van der Waals surface area contributed by atoms with E-state index in [0.717, 1.165) is 0 Å². The standard InChI is InChI=1S/C16H21N3O5/c1-10-12(15(21)22-5)6-11(7-13(10)18-19-17)8-23-9-14(20)24-16(2,3)4/h6-7H,8-9H2,1-5H3. The number of rotatable bonds is 6. The van der Waals surface area contributed by atoms with Crippen molar-refractivity contribution in [1.82, 2.24) is 0 Å². The summed E-state index contributed by atoms with van der Waals surface area (Å²) in [5.74, 6) is -1.03. The monoisotopic (exact) mass is 335 g/mol. The van der Waals surface area contributed by atoms with E-state index in [9.17, 15) is 9.59 Å². The molecule has 1 rings (SSSR count). The summed E-state index contributed by atoms with van der Waals surface area (Å²) in [6.45, 7) is 6.77. The summed E-state index contributed by atoms with van der Waals surface area (Å²) in [6.07, 6.45) is 0. The molecule has 0 aliphatic rings. The van der Waals surface area contributed by atoms with Gasteiger partial charge in [0.05, 0.1) is 19.3 Å². The molecule has 0 amide bonds. The highest BCUT2D eigenvalue weighted by Crippen LogP contribution is 2.26. The summed E-state index contributed by atoms with van der Waals surface area (Å²) in [5.41, 5.74) is 9.71. The van der Waals surface area contributed by atoms with Gasteiger partial charge in [0.2, 0.25) is 0 Å². The minimum absolute atomic E-state index is 0.0530. The Bertz CT molecular complexity index is 673. The number of esters is 2. The van der Waals surface area contributed by atoms with E-state index in [4.69, 9.17) is 19.7 Å². The van der Waals surface area contributed by atoms with E-state index in [-0.39, 0.29) is 18.8 Å².